The normalized spacial score (nSPS) is 18.0. The molecule has 21 heavy (non-hydrogen) atoms. The number of aliphatic hydroxyl groups excluding tert-OH is 1. The fraction of sp³-hybridized carbons (Fsp3) is 0.571. The molecule has 2 N–H and O–H groups in total. The van der Waals surface area contributed by atoms with Gasteiger partial charge in [-0.15, -0.1) is 0 Å². The van der Waals surface area contributed by atoms with E-state index in [1.807, 2.05) is 6.92 Å². The molecule has 1 unspecified atom stereocenters. The Morgan fingerprint density at radius 1 is 1.38 bits per heavy atom. The van der Waals surface area contributed by atoms with Gasteiger partial charge >= 0.3 is 0 Å². The lowest BCUT2D eigenvalue weighted by molar-refractivity contribution is 0.281. The molecule has 0 spiro atoms. The highest BCUT2D eigenvalue weighted by Gasteiger charge is 2.21. The summed E-state index contributed by atoms with van der Waals surface area (Å²) in [6, 6.07) is 4.19. The SMILES string of the molecule is CC(CN1CCCC1)NS(=O)(=O)c1ccc(Cl)c(CO)c1. The first-order valence-corrected chi connectivity index (χ1v) is 8.92. The Kier molecular flexibility index (Phi) is 5.62. The lowest BCUT2D eigenvalue weighted by Gasteiger charge is -2.21. The van der Waals surface area contributed by atoms with Crippen LogP contribution in [-0.4, -0.2) is 44.1 Å². The summed E-state index contributed by atoms with van der Waals surface area (Å²) in [4.78, 5) is 2.39. The van der Waals surface area contributed by atoms with E-state index in [-0.39, 0.29) is 17.5 Å². The topological polar surface area (TPSA) is 69.6 Å². The number of likely N-dealkylation sites (tertiary alicyclic amines) is 1. The average Bonchev–Trinajstić information content (AvgIpc) is 2.91. The first kappa shape index (κ1) is 16.7. The second kappa shape index (κ2) is 7.07. The van der Waals surface area contributed by atoms with Crippen molar-refractivity contribution in [2.24, 2.45) is 0 Å². The maximum absolute atomic E-state index is 12.3. The molecule has 1 aromatic carbocycles. The van der Waals surface area contributed by atoms with Crippen LogP contribution in [0.2, 0.25) is 5.02 Å². The zero-order valence-corrected chi connectivity index (χ0v) is 13.6. The summed E-state index contributed by atoms with van der Waals surface area (Å²) < 4.78 is 27.4. The Hall–Kier alpha value is -0.660. The van der Waals surface area contributed by atoms with Crippen LogP contribution in [0.25, 0.3) is 0 Å². The number of halogens is 1. The summed E-state index contributed by atoms with van der Waals surface area (Å²) in [5, 5.41) is 9.54. The van der Waals surface area contributed by atoms with E-state index in [2.05, 4.69) is 9.62 Å². The van der Waals surface area contributed by atoms with Crippen LogP contribution in [-0.2, 0) is 16.6 Å². The van der Waals surface area contributed by atoms with E-state index in [1.54, 1.807) is 0 Å². The number of nitrogens with one attached hydrogen (secondary N) is 1. The minimum absolute atomic E-state index is 0.129. The number of rotatable bonds is 6. The predicted molar refractivity (Wildman–Crippen MR) is 82.8 cm³/mol. The van der Waals surface area contributed by atoms with Crippen molar-refractivity contribution in [1.29, 1.82) is 0 Å². The quantitative estimate of drug-likeness (QED) is 0.830. The van der Waals surface area contributed by atoms with Gasteiger partial charge in [-0.3, -0.25) is 0 Å². The van der Waals surface area contributed by atoms with Gasteiger partial charge in [-0.05, 0) is 56.6 Å². The molecular formula is C14H21ClN2O3S. The molecule has 1 aliphatic rings. The van der Waals surface area contributed by atoms with Crippen LogP contribution in [0.3, 0.4) is 0 Å². The van der Waals surface area contributed by atoms with Crippen LogP contribution in [0.5, 0.6) is 0 Å². The van der Waals surface area contributed by atoms with Crippen LogP contribution < -0.4 is 4.72 Å². The van der Waals surface area contributed by atoms with Gasteiger partial charge < -0.3 is 10.0 Å². The highest BCUT2D eigenvalue weighted by Crippen LogP contribution is 2.20. The standard InChI is InChI=1S/C14H21ClN2O3S/c1-11(9-17-6-2-3-7-17)16-21(19,20)13-4-5-14(15)12(8-13)10-18/h4-5,8,11,16,18H,2-3,6-7,9-10H2,1H3. The molecule has 0 radical (unpaired) electrons. The first-order chi connectivity index (χ1) is 9.92. The zero-order valence-electron chi connectivity index (χ0n) is 12.0. The van der Waals surface area contributed by atoms with Crippen LogP contribution in [0.4, 0.5) is 0 Å². The molecule has 1 saturated heterocycles. The molecule has 0 bridgehead atoms. The predicted octanol–water partition coefficient (Wildman–Crippen LogP) is 1.59. The third-order valence-electron chi connectivity index (χ3n) is 3.58. The van der Waals surface area contributed by atoms with Gasteiger partial charge in [-0.2, -0.15) is 0 Å². The smallest absolute Gasteiger partial charge is 0.240 e. The highest BCUT2D eigenvalue weighted by atomic mass is 35.5. The number of hydrogen-bond acceptors (Lipinski definition) is 4. The molecule has 1 aromatic rings. The van der Waals surface area contributed by atoms with Gasteiger partial charge in [0.1, 0.15) is 0 Å². The van der Waals surface area contributed by atoms with Gasteiger partial charge in [0, 0.05) is 17.6 Å². The minimum atomic E-state index is -3.60. The molecule has 1 atom stereocenters. The molecule has 0 amide bonds. The first-order valence-electron chi connectivity index (χ1n) is 7.06. The lowest BCUT2D eigenvalue weighted by Crippen LogP contribution is -2.41. The van der Waals surface area contributed by atoms with Gasteiger partial charge in [0.2, 0.25) is 10.0 Å². The zero-order chi connectivity index (χ0) is 15.5. The largest absolute Gasteiger partial charge is 0.392 e. The molecule has 1 fully saturated rings. The number of nitrogens with zero attached hydrogens (tertiary/aromatic N) is 1. The third kappa shape index (κ3) is 4.40. The summed E-state index contributed by atoms with van der Waals surface area (Å²) in [5.74, 6) is 0. The van der Waals surface area contributed by atoms with Gasteiger partial charge in [0.15, 0.2) is 0 Å². The second-order valence-corrected chi connectivity index (χ2v) is 7.56. The van der Waals surface area contributed by atoms with Gasteiger partial charge in [0.05, 0.1) is 11.5 Å². The molecule has 1 heterocycles. The van der Waals surface area contributed by atoms with Gasteiger partial charge in [-0.25, -0.2) is 13.1 Å². The van der Waals surface area contributed by atoms with Crippen LogP contribution in [0.1, 0.15) is 25.3 Å². The molecule has 1 aliphatic heterocycles. The molecule has 5 nitrogen and oxygen atoms in total. The maximum atomic E-state index is 12.3. The van der Waals surface area contributed by atoms with E-state index in [1.165, 1.54) is 31.0 Å². The molecule has 7 heteroatoms. The number of hydrogen-bond donors (Lipinski definition) is 2. The summed E-state index contributed by atoms with van der Waals surface area (Å²) >= 11 is 5.88. The van der Waals surface area contributed by atoms with Crippen molar-refractivity contribution in [2.45, 2.75) is 37.3 Å². The van der Waals surface area contributed by atoms with Crippen molar-refractivity contribution >= 4 is 21.6 Å². The van der Waals surface area contributed by atoms with Gasteiger partial charge in [-0.1, -0.05) is 11.6 Å². The molecule has 118 valence electrons. The second-order valence-electron chi connectivity index (χ2n) is 5.44. The maximum Gasteiger partial charge on any atom is 0.240 e. The van der Waals surface area contributed by atoms with Crippen molar-refractivity contribution in [3.8, 4) is 0 Å². The molecule has 2 rings (SSSR count). The number of sulfonamides is 1. The monoisotopic (exact) mass is 332 g/mol. The van der Waals surface area contributed by atoms with E-state index >= 15 is 0 Å². The van der Waals surface area contributed by atoms with E-state index in [0.717, 1.165) is 13.1 Å². The molecule has 0 saturated carbocycles. The van der Waals surface area contributed by atoms with Crippen molar-refractivity contribution < 1.29 is 13.5 Å². The Labute approximate surface area is 131 Å². The highest BCUT2D eigenvalue weighted by molar-refractivity contribution is 7.89. The van der Waals surface area contributed by atoms with E-state index in [0.29, 0.717) is 17.1 Å². The number of benzene rings is 1. The van der Waals surface area contributed by atoms with Crippen LogP contribution >= 0.6 is 11.6 Å². The summed E-state index contributed by atoms with van der Waals surface area (Å²) in [5.41, 5.74) is 0.409. The van der Waals surface area contributed by atoms with E-state index in [9.17, 15) is 13.5 Å². The fourth-order valence-electron chi connectivity index (χ4n) is 2.56. The summed E-state index contributed by atoms with van der Waals surface area (Å²) in [6.07, 6.45) is 2.35. The number of aliphatic hydroxyl groups is 1. The molecule has 0 aromatic heterocycles. The Balaban J connectivity index is 2.06. The average molecular weight is 333 g/mol. The molecular weight excluding hydrogens is 312 g/mol. The minimum Gasteiger partial charge on any atom is -0.392 e. The summed E-state index contributed by atoms with van der Waals surface area (Å²) in [6.45, 7) is 4.34. The van der Waals surface area contributed by atoms with Gasteiger partial charge in [0.25, 0.3) is 0 Å². The van der Waals surface area contributed by atoms with Crippen LogP contribution in [0, 0.1) is 0 Å². The van der Waals surface area contributed by atoms with E-state index < -0.39 is 10.0 Å². The van der Waals surface area contributed by atoms with E-state index in [4.69, 9.17) is 11.6 Å². The van der Waals surface area contributed by atoms with Crippen molar-refractivity contribution in [2.75, 3.05) is 19.6 Å². The molecule has 0 aliphatic carbocycles. The van der Waals surface area contributed by atoms with Crippen molar-refractivity contribution in [3.63, 3.8) is 0 Å². The summed E-state index contributed by atoms with van der Waals surface area (Å²) in [7, 11) is -3.60. The van der Waals surface area contributed by atoms with Crippen molar-refractivity contribution in [3.05, 3.63) is 28.8 Å². The third-order valence-corrected chi connectivity index (χ3v) is 5.54. The van der Waals surface area contributed by atoms with Crippen LogP contribution in [0.15, 0.2) is 23.1 Å². The Morgan fingerprint density at radius 2 is 2.05 bits per heavy atom. The Bertz CT molecular complexity index is 586. The lowest BCUT2D eigenvalue weighted by atomic mass is 10.2. The Morgan fingerprint density at radius 3 is 2.67 bits per heavy atom. The van der Waals surface area contributed by atoms with Crippen molar-refractivity contribution in [1.82, 2.24) is 9.62 Å². The fourth-order valence-corrected chi connectivity index (χ4v) is 4.02.